The number of amides is 2. The lowest BCUT2D eigenvalue weighted by atomic mass is 9.99. The van der Waals surface area contributed by atoms with Gasteiger partial charge in [-0.05, 0) is 47.9 Å². The molecule has 0 bridgehead atoms. The zero-order valence-corrected chi connectivity index (χ0v) is 19.6. The molecule has 4 rings (SSSR count). The number of aliphatic carboxylic acids is 1. The van der Waals surface area contributed by atoms with Crippen LogP contribution in [-0.2, 0) is 9.59 Å². The summed E-state index contributed by atoms with van der Waals surface area (Å²) < 4.78 is 31.7. The van der Waals surface area contributed by atoms with Crippen LogP contribution in [0.3, 0.4) is 0 Å². The van der Waals surface area contributed by atoms with Gasteiger partial charge < -0.3 is 21.1 Å². The van der Waals surface area contributed by atoms with Crippen LogP contribution in [0.25, 0.3) is 10.8 Å². The highest BCUT2D eigenvalue weighted by atomic mass is 19.4. The van der Waals surface area contributed by atoms with Gasteiger partial charge in [0.25, 0.3) is 5.91 Å². The summed E-state index contributed by atoms with van der Waals surface area (Å²) in [5.41, 5.74) is 3.17. The number of fused-ring (bicyclic) bond motifs is 1. The molecule has 0 saturated carbocycles. The van der Waals surface area contributed by atoms with Gasteiger partial charge in [-0.25, -0.2) is 4.79 Å². The normalized spacial score (nSPS) is 14.1. The number of carbonyl (C=O) groups is 3. The van der Waals surface area contributed by atoms with Gasteiger partial charge >= 0.3 is 12.1 Å². The second-order valence-electron chi connectivity index (χ2n) is 8.44. The Balaban J connectivity index is 0.000000454. The molecule has 2 amide bonds. The van der Waals surface area contributed by atoms with Gasteiger partial charge in [-0.15, -0.1) is 0 Å². The Morgan fingerprint density at radius 1 is 1.03 bits per heavy atom. The van der Waals surface area contributed by atoms with Crippen molar-refractivity contribution in [2.45, 2.75) is 26.1 Å². The van der Waals surface area contributed by atoms with Crippen molar-refractivity contribution in [1.29, 1.82) is 0 Å². The Morgan fingerprint density at radius 2 is 1.67 bits per heavy atom. The minimum Gasteiger partial charge on any atom is -0.475 e. The van der Waals surface area contributed by atoms with Crippen LogP contribution < -0.4 is 16.0 Å². The number of aryl methyl sites for hydroxylation is 1. The van der Waals surface area contributed by atoms with Crippen molar-refractivity contribution in [3.8, 4) is 0 Å². The summed E-state index contributed by atoms with van der Waals surface area (Å²) in [5, 5.41) is 18.5. The summed E-state index contributed by atoms with van der Waals surface area (Å²) in [4.78, 5) is 34.1. The summed E-state index contributed by atoms with van der Waals surface area (Å²) in [7, 11) is 0. The van der Waals surface area contributed by atoms with Crippen molar-refractivity contribution in [3.63, 3.8) is 0 Å². The zero-order chi connectivity index (χ0) is 26.5. The smallest absolute Gasteiger partial charge is 0.475 e. The molecule has 36 heavy (non-hydrogen) atoms. The fourth-order valence-electron chi connectivity index (χ4n) is 3.64. The van der Waals surface area contributed by atoms with E-state index in [2.05, 4.69) is 34.1 Å². The van der Waals surface area contributed by atoms with Gasteiger partial charge in [0.2, 0.25) is 5.91 Å². The molecular formula is C26H26F3N3O4. The van der Waals surface area contributed by atoms with E-state index in [0.29, 0.717) is 24.3 Å². The second kappa shape index (κ2) is 11.2. The zero-order valence-electron chi connectivity index (χ0n) is 19.6. The summed E-state index contributed by atoms with van der Waals surface area (Å²) in [6.45, 7) is 5.30. The first kappa shape index (κ1) is 26.7. The fraction of sp³-hybridized carbons (Fsp3) is 0.269. The van der Waals surface area contributed by atoms with Crippen LogP contribution in [0.15, 0.2) is 60.7 Å². The predicted octanol–water partition coefficient (Wildman–Crippen LogP) is 4.43. The van der Waals surface area contributed by atoms with E-state index in [4.69, 9.17) is 9.90 Å². The van der Waals surface area contributed by atoms with Crippen LogP contribution >= 0.6 is 0 Å². The molecule has 0 aliphatic carbocycles. The van der Waals surface area contributed by atoms with Crippen LogP contribution in [0.5, 0.6) is 0 Å². The Bertz CT molecular complexity index is 1270. The van der Waals surface area contributed by atoms with Gasteiger partial charge in [-0.1, -0.05) is 48.5 Å². The monoisotopic (exact) mass is 501 g/mol. The quantitative estimate of drug-likeness (QED) is 0.414. The third-order valence-corrected chi connectivity index (χ3v) is 5.78. The minimum atomic E-state index is -5.08. The molecule has 190 valence electrons. The third kappa shape index (κ3) is 6.60. The van der Waals surface area contributed by atoms with E-state index in [1.807, 2.05) is 50.2 Å². The number of rotatable bonds is 5. The van der Waals surface area contributed by atoms with Gasteiger partial charge in [-0.3, -0.25) is 9.59 Å². The lowest BCUT2D eigenvalue weighted by Crippen LogP contribution is -2.48. The van der Waals surface area contributed by atoms with Gasteiger partial charge in [0, 0.05) is 24.3 Å². The highest BCUT2D eigenvalue weighted by molar-refractivity contribution is 5.99. The number of hydrogen-bond donors (Lipinski definition) is 4. The maximum absolute atomic E-state index is 13.0. The molecule has 10 heteroatoms. The van der Waals surface area contributed by atoms with Crippen molar-refractivity contribution in [1.82, 2.24) is 10.6 Å². The number of nitrogens with one attached hydrogen (secondary N) is 3. The number of carboxylic acids is 1. The van der Waals surface area contributed by atoms with E-state index in [1.54, 1.807) is 6.07 Å². The highest BCUT2D eigenvalue weighted by Gasteiger charge is 2.38. The highest BCUT2D eigenvalue weighted by Crippen LogP contribution is 2.25. The van der Waals surface area contributed by atoms with E-state index in [9.17, 15) is 22.8 Å². The van der Waals surface area contributed by atoms with E-state index in [-0.39, 0.29) is 23.8 Å². The molecule has 0 unspecified atom stereocenters. The number of hydrogen-bond acceptors (Lipinski definition) is 4. The molecule has 3 aromatic carbocycles. The molecule has 1 aliphatic heterocycles. The van der Waals surface area contributed by atoms with Crippen LogP contribution in [0.2, 0.25) is 0 Å². The molecule has 0 spiro atoms. The molecule has 3 aromatic rings. The van der Waals surface area contributed by atoms with Crippen LogP contribution in [0.4, 0.5) is 18.9 Å². The van der Waals surface area contributed by atoms with Crippen molar-refractivity contribution >= 4 is 34.2 Å². The molecule has 0 radical (unpaired) electrons. The second-order valence-corrected chi connectivity index (χ2v) is 8.44. The van der Waals surface area contributed by atoms with Crippen molar-refractivity contribution < 1.29 is 32.7 Å². The number of benzene rings is 3. The number of carbonyl (C=O) groups excluding carboxylic acids is 2. The fourth-order valence-corrected chi connectivity index (χ4v) is 3.64. The maximum Gasteiger partial charge on any atom is 0.490 e. The molecule has 4 N–H and O–H groups in total. The summed E-state index contributed by atoms with van der Waals surface area (Å²) >= 11 is 0. The SMILES string of the molecule is Cc1ccc(NC(=O)C2CNC2)cc1C(=O)N[C@H](C)c1cccc2ccccc12.O=C(O)C(F)(F)F. The Kier molecular flexibility index (Phi) is 8.31. The van der Waals surface area contributed by atoms with Gasteiger partial charge in [0.1, 0.15) is 0 Å². The molecule has 0 aromatic heterocycles. The Morgan fingerprint density at radius 3 is 2.28 bits per heavy atom. The molecule has 1 aliphatic rings. The van der Waals surface area contributed by atoms with Gasteiger partial charge in [0.05, 0.1) is 12.0 Å². The van der Waals surface area contributed by atoms with Crippen LogP contribution in [0, 0.1) is 12.8 Å². The Hall–Kier alpha value is -3.92. The number of alkyl halides is 3. The molecule has 1 atom stereocenters. The van der Waals surface area contributed by atoms with Crippen LogP contribution in [-0.4, -0.2) is 42.2 Å². The largest absolute Gasteiger partial charge is 0.490 e. The number of carboxylic acid groups (broad SMARTS) is 1. The lowest BCUT2D eigenvalue weighted by molar-refractivity contribution is -0.192. The van der Waals surface area contributed by atoms with Crippen molar-refractivity contribution in [2.24, 2.45) is 5.92 Å². The van der Waals surface area contributed by atoms with Crippen molar-refractivity contribution in [3.05, 3.63) is 77.4 Å². The van der Waals surface area contributed by atoms with E-state index < -0.39 is 12.1 Å². The van der Waals surface area contributed by atoms with Crippen LogP contribution in [0.1, 0.15) is 34.5 Å². The van der Waals surface area contributed by atoms with Gasteiger partial charge in [0.15, 0.2) is 0 Å². The van der Waals surface area contributed by atoms with E-state index in [0.717, 1.165) is 21.9 Å². The summed E-state index contributed by atoms with van der Waals surface area (Å²) in [6.07, 6.45) is -5.08. The molecule has 1 saturated heterocycles. The molecule has 1 fully saturated rings. The Labute approximate surface area is 205 Å². The minimum absolute atomic E-state index is 0.0000338. The molecule has 1 heterocycles. The first-order valence-electron chi connectivity index (χ1n) is 11.2. The standard InChI is InChI=1S/C24H25N3O2.C2HF3O2/c1-15-10-11-19(27-23(28)18-13-25-14-18)12-22(15)24(29)26-16(2)20-9-5-7-17-6-3-4-8-21(17)20;3-2(4,5)1(6)7/h3-12,16,18,25H,13-14H2,1-2H3,(H,26,29)(H,27,28);(H,6,7)/t16-;/m1./s1. The molecule has 7 nitrogen and oxygen atoms in total. The average molecular weight is 502 g/mol. The first-order valence-corrected chi connectivity index (χ1v) is 11.2. The number of halogens is 3. The predicted molar refractivity (Wildman–Crippen MR) is 130 cm³/mol. The topological polar surface area (TPSA) is 108 Å². The van der Waals surface area contributed by atoms with Crippen molar-refractivity contribution in [2.75, 3.05) is 18.4 Å². The summed E-state index contributed by atoms with van der Waals surface area (Å²) in [5.74, 6) is -2.92. The third-order valence-electron chi connectivity index (χ3n) is 5.78. The van der Waals surface area contributed by atoms with Gasteiger partial charge in [-0.2, -0.15) is 13.2 Å². The lowest BCUT2D eigenvalue weighted by Gasteiger charge is -2.26. The molecular weight excluding hydrogens is 475 g/mol. The summed E-state index contributed by atoms with van der Waals surface area (Å²) in [6, 6.07) is 19.6. The average Bonchev–Trinajstić information content (AvgIpc) is 2.78. The van der Waals surface area contributed by atoms with E-state index in [1.165, 1.54) is 0 Å². The first-order chi connectivity index (χ1) is 17.0. The van der Waals surface area contributed by atoms with E-state index >= 15 is 0 Å². The number of anilines is 1. The maximum atomic E-state index is 13.0.